The van der Waals surface area contributed by atoms with Crippen molar-refractivity contribution >= 4 is 23.6 Å². The number of piperazine rings is 1. The van der Waals surface area contributed by atoms with Crippen LogP contribution in [0.5, 0.6) is 0 Å². The second-order valence-electron chi connectivity index (χ2n) is 6.89. The lowest BCUT2D eigenvalue weighted by atomic mass is 9.99. The van der Waals surface area contributed by atoms with E-state index < -0.39 is 5.97 Å². The number of carboxylic acids is 1. The predicted molar refractivity (Wildman–Crippen MR) is 112 cm³/mol. The molecule has 28 heavy (non-hydrogen) atoms. The van der Waals surface area contributed by atoms with E-state index in [2.05, 4.69) is 17.0 Å². The fraction of sp³-hybridized carbons (Fsp3) is 0.364. The monoisotopic (exact) mass is 398 g/mol. The molecule has 0 saturated carbocycles. The molecular formula is C22H26N2O3S. The summed E-state index contributed by atoms with van der Waals surface area (Å²) in [6, 6.07) is 17.8. The molecule has 3 rings (SSSR count). The maximum absolute atomic E-state index is 13.0. The van der Waals surface area contributed by atoms with Crippen molar-refractivity contribution in [1.29, 1.82) is 0 Å². The third-order valence-corrected chi connectivity index (χ3v) is 5.99. The Morgan fingerprint density at radius 1 is 1.00 bits per heavy atom. The minimum absolute atomic E-state index is 0.0630. The first-order chi connectivity index (χ1) is 13.6. The van der Waals surface area contributed by atoms with E-state index in [4.69, 9.17) is 5.11 Å². The highest BCUT2D eigenvalue weighted by atomic mass is 32.2. The largest absolute Gasteiger partial charge is 0.481 e. The lowest BCUT2D eigenvalue weighted by Crippen LogP contribution is -2.49. The van der Waals surface area contributed by atoms with Gasteiger partial charge in [-0.1, -0.05) is 42.5 Å². The summed E-state index contributed by atoms with van der Waals surface area (Å²) in [5.74, 6) is -0.699. The van der Waals surface area contributed by atoms with Crippen molar-refractivity contribution in [2.45, 2.75) is 23.8 Å². The van der Waals surface area contributed by atoms with Gasteiger partial charge >= 0.3 is 5.97 Å². The van der Waals surface area contributed by atoms with Crippen LogP contribution in [-0.2, 0) is 4.79 Å². The van der Waals surface area contributed by atoms with Crippen LogP contribution in [-0.4, -0.2) is 59.2 Å². The van der Waals surface area contributed by atoms with Gasteiger partial charge in [-0.25, -0.2) is 0 Å². The molecule has 2 aromatic carbocycles. The zero-order valence-corrected chi connectivity index (χ0v) is 16.9. The lowest BCUT2D eigenvalue weighted by molar-refractivity contribution is -0.137. The maximum atomic E-state index is 13.0. The van der Waals surface area contributed by atoms with Gasteiger partial charge in [0.1, 0.15) is 0 Å². The molecule has 148 valence electrons. The van der Waals surface area contributed by atoms with Gasteiger partial charge in [0, 0.05) is 43.5 Å². The molecule has 0 aliphatic carbocycles. The van der Waals surface area contributed by atoms with Crippen LogP contribution in [0.25, 0.3) is 0 Å². The molecule has 1 aliphatic rings. The number of hydrogen-bond donors (Lipinski definition) is 1. The third-order valence-electron chi connectivity index (χ3n) is 5.20. The first kappa shape index (κ1) is 20.4. The Bertz CT molecular complexity index is 804. The standard InChI is InChI=1S/C22H26N2O3S/c1-28-20-10-6-5-9-18(20)22(27)24-15-13-23(14-16-24)19(11-12-21(25)26)17-7-3-2-4-8-17/h2-10,19H,11-16H2,1H3,(H,25,26)/t19-/m1/s1. The van der Waals surface area contributed by atoms with Gasteiger partial charge in [-0.3, -0.25) is 14.5 Å². The number of carbonyl (C=O) groups excluding carboxylic acids is 1. The average molecular weight is 399 g/mol. The fourth-order valence-corrected chi connectivity index (χ4v) is 4.31. The predicted octanol–water partition coefficient (Wildman–Crippen LogP) is 3.77. The summed E-state index contributed by atoms with van der Waals surface area (Å²) in [6.45, 7) is 2.79. The van der Waals surface area contributed by atoms with Crippen molar-refractivity contribution in [3.05, 3.63) is 65.7 Å². The molecule has 5 nitrogen and oxygen atoms in total. The van der Waals surface area contributed by atoms with E-state index in [1.165, 1.54) is 0 Å². The molecule has 0 spiro atoms. The fourth-order valence-electron chi connectivity index (χ4n) is 3.72. The van der Waals surface area contributed by atoms with Crippen molar-refractivity contribution in [3.63, 3.8) is 0 Å². The van der Waals surface area contributed by atoms with E-state index in [1.807, 2.05) is 53.6 Å². The van der Waals surface area contributed by atoms with E-state index in [9.17, 15) is 9.59 Å². The molecule has 0 aromatic heterocycles. The molecule has 1 aliphatic heterocycles. The van der Waals surface area contributed by atoms with Crippen LogP contribution in [0.2, 0.25) is 0 Å². The van der Waals surface area contributed by atoms with Gasteiger partial charge in [-0.2, -0.15) is 0 Å². The second kappa shape index (κ2) is 9.75. The van der Waals surface area contributed by atoms with Crippen LogP contribution in [0, 0.1) is 0 Å². The number of hydrogen-bond acceptors (Lipinski definition) is 4. The van der Waals surface area contributed by atoms with Gasteiger partial charge in [0.2, 0.25) is 0 Å². The number of carbonyl (C=O) groups is 2. The molecule has 1 fully saturated rings. The van der Waals surface area contributed by atoms with Crippen molar-refractivity contribution < 1.29 is 14.7 Å². The van der Waals surface area contributed by atoms with Crippen LogP contribution >= 0.6 is 11.8 Å². The molecular weight excluding hydrogens is 372 g/mol. The number of aliphatic carboxylic acids is 1. The van der Waals surface area contributed by atoms with E-state index in [0.29, 0.717) is 19.5 Å². The SMILES string of the molecule is CSc1ccccc1C(=O)N1CCN([C@H](CCC(=O)O)c2ccccc2)CC1. The Labute approximate surface area is 170 Å². The second-order valence-corrected chi connectivity index (χ2v) is 7.74. The van der Waals surface area contributed by atoms with Crippen molar-refractivity contribution in [2.75, 3.05) is 32.4 Å². The minimum atomic E-state index is -0.775. The van der Waals surface area contributed by atoms with Crippen molar-refractivity contribution in [2.24, 2.45) is 0 Å². The van der Waals surface area contributed by atoms with Gasteiger partial charge in [-0.15, -0.1) is 11.8 Å². The Morgan fingerprint density at radius 3 is 2.29 bits per heavy atom. The van der Waals surface area contributed by atoms with Crippen LogP contribution in [0.15, 0.2) is 59.5 Å². The molecule has 1 heterocycles. The Balaban J connectivity index is 1.68. The quantitative estimate of drug-likeness (QED) is 0.720. The van der Waals surface area contributed by atoms with E-state index in [-0.39, 0.29) is 18.4 Å². The number of benzene rings is 2. The summed E-state index contributed by atoms with van der Waals surface area (Å²) >= 11 is 1.59. The van der Waals surface area contributed by atoms with Crippen molar-refractivity contribution in [3.8, 4) is 0 Å². The Morgan fingerprint density at radius 2 is 1.64 bits per heavy atom. The van der Waals surface area contributed by atoms with Gasteiger partial charge in [0.15, 0.2) is 0 Å². The average Bonchev–Trinajstić information content (AvgIpc) is 2.74. The number of nitrogens with zero attached hydrogens (tertiary/aromatic N) is 2. The molecule has 6 heteroatoms. The molecule has 2 aromatic rings. The van der Waals surface area contributed by atoms with Gasteiger partial charge < -0.3 is 10.0 Å². The smallest absolute Gasteiger partial charge is 0.303 e. The lowest BCUT2D eigenvalue weighted by Gasteiger charge is -2.39. The number of carboxylic acid groups (broad SMARTS) is 1. The minimum Gasteiger partial charge on any atom is -0.481 e. The summed E-state index contributed by atoms with van der Waals surface area (Å²) in [5.41, 5.74) is 1.89. The number of amides is 1. The molecule has 0 bridgehead atoms. The summed E-state index contributed by atoms with van der Waals surface area (Å²) in [5, 5.41) is 9.12. The highest BCUT2D eigenvalue weighted by Crippen LogP contribution is 2.28. The first-order valence-corrected chi connectivity index (χ1v) is 10.8. The van der Waals surface area contributed by atoms with Gasteiger partial charge in [-0.05, 0) is 30.4 Å². The molecule has 1 amide bonds. The Hall–Kier alpha value is -2.31. The first-order valence-electron chi connectivity index (χ1n) is 9.53. The van der Waals surface area contributed by atoms with Crippen LogP contribution in [0.1, 0.15) is 34.8 Å². The summed E-state index contributed by atoms with van der Waals surface area (Å²) < 4.78 is 0. The maximum Gasteiger partial charge on any atom is 0.303 e. The molecule has 0 unspecified atom stereocenters. The van der Waals surface area contributed by atoms with Gasteiger partial charge in [0.05, 0.1) is 5.56 Å². The normalized spacial score (nSPS) is 16.0. The zero-order valence-electron chi connectivity index (χ0n) is 16.1. The Kier molecular flexibility index (Phi) is 7.12. The highest BCUT2D eigenvalue weighted by Gasteiger charge is 2.28. The van der Waals surface area contributed by atoms with E-state index in [1.54, 1.807) is 11.8 Å². The summed E-state index contributed by atoms with van der Waals surface area (Å²) in [6.07, 6.45) is 2.69. The highest BCUT2D eigenvalue weighted by molar-refractivity contribution is 7.98. The van der Waals surface area contributed by atoms with Crippen molar-refractivity contribution in [1.82, 2.24) is 9.80 Å². The molecule has 1 atom stereocenters. The summed E-state index contributed by atoms with van der Waals surface area (Å²) in [7, 11) is 0. The van der Waals surface area contributed by atoms with Crippen LogP contribution in [0.4, 0.5) is 0 Å². The van der Waals surface area contributed by atoms with E-state index in [0.717, 1.165) is 29.1 Å². The molecule has 1 saturated heterocycles. The van der Waals surface area contributed by atoms with Gasteiger partial charge in [0.25, 0.3) is 5.91 Å². The number of rotatable bonds is 7. The third kappa shape index (κ3) is 4.94. The molecule has 0 radical (unpaired) electrons. The zero-order chi connectivity index (χ0) is 19.9. The van der Waals surface area contributed by atoms with E-state index >= 15 is 0 Å². The molecule has 1 N–H and O–H groups in total. The van der Waals surface area contributed by atoms with Crippen LogP contribution in [0.3, 0.4) is 0 Å². The summed E-state index contributed by atoms with van der Waals surface area (Å²) in [4.78, 5) is 29.3. The van der Waals surface area contributed by atoms with Crippen LogP contribution < -0.4 is 0 Å². The topological polar surface area (TPSA) is 60.9 Å². The number of thioether (sulfide) groups is 1.